The second kappa shape index (κ2) is 3.49. The van der Waals surface area contributed by atoms with Crippen LogP contribution in [0.15, 0.2) is 0 Å². The molecule has 82 valence electrons. The highest BCUT2D eigenvalue weighted by Crippen LogP contribution is 2.27. The molecule has 1 aliphatic heterocycles. The summed E-state index contributed by atoms with van der Waals surface area (Å²) in [5, 5.41) is 9.03. The molecule has 0 atom stereocenters. The predicted molar refractivity (Wildman–Crippen MR) is 57.0 cm³/mol. The molecular weight excluding hydrogens is 206 g/mol. The van der Waals surface area contributed by atoms with E-state index in [1.165, 1.54) is 4.90 Å². The summed E-state index contributed by atoms with van der Waals surface area (Å²) < 4.78 is 0. The minimum atomic E-state index is -0.247. The zero-order valence-electron chi connectivity index (χ0n) is 9.13. The van der Waals surface area contributed by atoms with Gasteiger partial charge in [0.15, 0.2) is 5.78 Å². The minimum absolute atomic E-state index is 0.0624. The standard InChI is InChI=1S/C11H11N3O2/c1-6-7(2)13-11(9(6)4-12)14-5-8(15)3-10(14)16/h13H,3,5H2,1-2H3. The Labute approximate surface area is 92.7 Å². The number of aryl methyl sites for hydroxylation is 1. The number of carbonyl (C=O) groups excluding carboxylic acids is 2. The summed E-state index contributed by atoms with van der Waals surface area (Å²) in [7, 11) is 0. The molecule has 2 rings (SSSR count). The van der Waals surface area contributed by atoms with Crippen LogP contribution in [-0.2, 0) is 9.59 Å². The largest absolute Gasteiger partial charge is 0.344 e. The van der Waals surface area contributed by atoms with E-state index < -0.39 is 0 Å². The van der Waals surface area contributed by atoms with Gasteiger partial charge in [0.25, 0.3) is 0 Å². The summed E-state index contributed by atoms with van der Waals surface area (Å²) in [6.45, 7) is 3.71. The van der Waals surface area contributed by atoms with E-state index in [0.717, 1.165) is 11.3 Å². The molecule has 1 fully saturated rings. The number of carbonyl (C=O) groups is 2. The third-order valence-electron chi connectivity index (χ3n) is 2.85. The van der Waals surface area contributed by atoms with Crippen LogP contribution in [0.2, 0.25) is 0 Å². The predicted octanol–water partition coefficient (Wildman–Crippen LogP) is 0.809. The fraction of sp³-hybridized carbons (Fsp3) is 0.364. The van der Waals surface area contributed by atoms with Crippen molar-refractivity contribution in [1.82, 2.24) is 4.98 Å². The molecule has 16 heavy (non-hydrogen) atoms. The van der Waals surface area contributed by atoms with Crippen molar-refractivity contribution < 1.29 is 9.59 Å². The molecule has 0 aliphatic carbocycles. The van der Waals surface area contributed by atoms with E-state index in [1.54, 1.807) is 0 Å². The van der Waals surface area contributed by atoms with Crippen molar-refractivity contribution in [2.75, 3.05) is 11.4 Å². The van der Waals surface area contributed by atoms with E-state index in [1.807, 2.05) is 13.8 Å². The van der Waals surface area contributed by atoms with Crippen LogP contribution in [0.1, 0.15) is 23.2 Å². The minimum Gasteiger partial charge on any atom is -0.344 e. The number of rotatable bonds is 1. The first-order valence-corrected chi connectivity index (χ1v) is 4.96. The maximum atomic E-state index is 11.5. The van der Waals surface area contributed by atoms with Crippen LogP contribution in [0.25, 0.3) is 0 Å². The molecule has 0 aromatic carbocycles. The number of H-pyrrole nitrogens is 1. The van der Waals surface area contributed by atoms with Gasteiger partial charge in [-0.15, -0.1) is 0 Å². The summed E-state index contributed by atoms with van der Waals surface area (Å²) >= 11 is 0. The van der Waals surface area contributed by atoms with Crippen molar-refractivity contribution >= 4 is 17.5 Å². The van der Waals surface area contributed by atoms with Gasteiger partial charge in [-0.25, -0.2) is 0 Å². The molecule has 1 N–H and O–H groups in total. The van der Waals surface area contributed by atoms with Gasteiger partial charge in [0.1, 0.15) is 11.9 Å². The average Bonchev–Trinajstić information content (AvgIpc) is 2.69. The maximum Gasteiger partial charge on any atom is 0.236 e. The van der Waals surface area contributed by atoms with Gasteiger partial charge in [0, 0.05) is 5.69 Å². The molecule has 0 bridgehead atoms. The Morgan fingerprint density at radius 3 is 2.56 bits per heavy atom. The number of hydrogen-bond acceptors (Lipinski definition) is 3. The number of ketones is 1. The zero-order valence-corrected chi connectivity index (χ0v) is 9.13. The van der Waals surface area contributed by atoms with E-state index in [2.05, 4.69) is 11.1 Å². The Balaban J connectivity index is 2.49. The number of aromatic nitrogens is 1. The average molecular weight is 217 g/mol. The molecule has 1 saturated heterocycles. The zero-order chi connectivity index (χ0) is 11.9. The van der Waals surface area contributed by atoms with Crippen molar-refractivity contribution in [3.8, 4) is 6.07 Å². The first kappa shape index (κ1) is 10.4. The molecular formula is C11H11N3O2. The molecule has 1 aromatic heterocycles. The first-order chi connectivity index (χ1) is 7.54. The molecule has 0 saturated carbocycles. The fourth-order valence-electron chi connectivity index (χ4n) is 1.83. The lowest BCUT2D eigenvalue weighted by molar-refractivity contribution is -0.121. The van der Waals surface area contributed by atoms with E-state index in [4.69, 9.17) is 5.26 Å². The normalized spacial score (nSPS) is 15.7. The lowest BCUT2D eigenvalue weighted by Crippen LogP contribution is -2.25. The summed E-state index contributed by atoms with van der Waals surface area (Å²) in [5.74, 6) is 0.0925. The highest BCUT2D eigenvalue weighted by Gasteiger charge is 2.31. The third-order valence-corrected chi connectivity index (χ3v) is 2.85. The van der Waals surface area contributed by atoms with Crippen LogP contribution in [0.3, 0.4) is 0 Å². The van der Waals surface area contributed by atoms with Crippen molar-refractivity contribution in [2.24, 2.45) is 0 Å². The number of nitriles is 1. The van der Waals surface area contributed by atoms with Crippen molar-refractivity contribution in [3.05, 3.63) is 16.8 Å². The van der Waals surface area contributed by atoms with Crippen molar-refractivity contribution in [3.63, 3.8) is 0 Å². The Morgan fingerprint density at radius 2 is 2.06 bits per heavy atom. The van der Waals surface area contributed by atoms with Crippen molar-refractivity contribution in [1.29, 1.82) is 5.26 Å². The molecule has 5 heteroatoms. The smallest absolute Gasteiger partial charge is 0.236 e. The summed E-state index contributed by atoms with van der Waals surface area (Å²) in [6.07, 6.45) is -0.0675. The highest BCUT2D eigenvalue weighted by atomic mass is 16.2. The second-order valence-electron chi connectivity index (χ2n) is 3.91. The Bertz CT molecular complexity index is 522. The highest BCUT2D eigenvalue weighted by molar-refractivity contribution is 6.15. The van der Waals surface area contributed by atoms with Gasteiger partial charge in [-0.1, -0.05) is 0 Å². The van der Waals surface area contributed by atoms with Gasteiger partial charge in [0.2, 0.25) is 5.91 Å². The van der Waals surface area contributed by atoms with Crippen LogP contribution >= 0.6 is 0 Å². The van der Waals surface area contributed by atoms with Gasteiger partial charge < -0.3 is 4.98 Å². The number of aromatic amines is 1. The molecule has 0 unspecified atom stereocenters. The molecule has 1 aromatic rings. The Kier molecular flexibility index (Phi) is 2.27. The van der Waals surface area contributed by atoms with E-state index in [9.17, 15) is 9.59 Å². The summed E-state index contributed by atoms with van der Waals surface area (Å²) in [4.78, 5) is 27.1. The number of nitrogens with one attached hydrogen (secondary N) is 1. The quantitative estimate of drug-likeness (QED) is 0.707. The van der Waals surface area contributed by atoms with Gasteiger partial charge in [0.05, 0.1) is 18.5 Å². The van der Waals surface area contributed by atoms with Crippen LogP contribution < -0.4 is 4.90 Å². The first-order valence-electron chi connectivity index (χ1n) is 4.96. The number of amides is 1. The number of hydrogen-bond donors (Lipinski definition) is 1. The monoisotopic (exact) mass is 217 g/mol. The Morgan fingerprint density at radius 1 is 1.38 bits per heavy atom. The van der Waals surface area contributed by atoms with Gasteiger partial charge in [-0.3, -0.25) is 14.5 Å². The maximum absolute atomic E-state index is 11.5. The van der Waals surface area contributed by atoms with Crippen LogP contribution in [0, 0.1) is 25.2 Å². The van der Waals surface area contributed by atoms with Crippen LogP contribution in [0.5, 0.6) is 0 Å². The Hall–Kier alpha value is -2.09. The number of anilines is 1. The molecule has 2 heterocycles. The van der Waals surface area contributed by atoms with Gasteiger partial charge in [-0.05, 0) is 19.4 Å². The SMILES string of the molecule is Cc1[nH]c(N2CC(=O)CC2=O)c(C#N)c1C. The lowest BCUT2D eigenvalue weighted by Gasteiger charge is -2.12. The summed E-state index contributed by atoms with van der Waals surface area (Å²) in [5.41, 5.74) is 2.11. The van der Waals surface area contributed by atoms with Gasteiger partial charge >= 0.3 is 0 Å². The molecule has 5 nitrogen and oxygen atoms in total. The topological polar surface area (TPSA) is 77.0 Å². The molecule has 1 amide bonds. The van der Waals surface area contributed by atoms with E-state index >= 15 is 0 Å². The van der Waals surface area contributed by atoms with E-state index in [0.29, 0.717) is 11.4 Å². The van der Waals surface area contributed by atoms with Crippen LogP contribution in [-0.4, -0.2) is 23.2 Å². The van der Waals surface area contributed by atoms with Crippen molar-refractivity contribution in [2.45, 2.75) is 20.3 Å². The number of nitrogens with zero attached hydrogens (tertiary/aromatic N) is 2. The van der Waals surface area contributed by atoms with Gasteiger partial charge in [-0.2, -0.15) is 5.26 Å². The second-order valence-corrected chi connectivity index (χ2v) is 3.91. The number of Topliss-reactive ketones (excluding diaryl/α,β-unsaturated/α-hetero) is 1. The lowest BCUT2D eigenvalue weighted by atomic mass is 10.2. The molecule has 0 radical (unpaired) electrons. The third kappa shape index (κ3) is 1.39. The van der Waals surface area contributed by atoms with Crippen LogP contribution in [0.4, 0.5) is 5.82 Å². The fourth-order valence-corrected chi connectivity index (χ4v) is 1.83. The molecule has 0 spiro atoms. The molecule has 1 aliphatic rings. The summed E-state index contributed by atoms with van der Waals surface area (Å²) in [6, 6.07) is 2.06. The van der Waals surface area contributed by atoms with E-state index in [-0.39, 0.29) is 24.7 Å².